The first-order chi connectivity index (χ1) is 14.7. The number of hydrogen-bond donors (Lipinski definition) is 1. The van der Waals surface area contributed by atoms with Crippen molar-refractivity contribution in [3.8, 4) is 0 Å². The Balaban J connectivity index is 1.48. The molecule has 168 valence electrons. The number of amides is 2. The molecule has 3 rings (SSSR count). The molecule has 7 heteroatoms. The number of piperazine rings is 1. The topological polar surface area (TPSA) is 70.5 Å². The van der Waals surface area contributed by atoms with Crippen molar-refractivity contribution >= 4 is 17.5 Å². The van der Waals surface area contributed by atoms with Gasteiger partial charge in [0, 0.05) is 50.5 Å². The number of hydrogen-bond acceptors (Lipinski definition) is 4. The summed E-state index contributed by atoms with van der Waals surface area (Å²) in [5.74, 6) is 0.118. The Morgan fingerprint density at radius 2 is 1.71 bits per heavy atom. The third kappa shape index (κ3) is 5.66. The summed E-state index contributed by atoms with van der Waals surface area (Å²) in [7, 11) is 0. The van der Waals surface area contributed by atoms with Crippen LogP contribution in [-0.4, -0.2) is 59.2 Å². The average Bonchev–Trinajstić information content (AvgIpc) is 3.21. The molecule has 1 aromatic carbocycles. The molecule has 2 aromatic rings. The summed E-state index contributed by atoms with van der Waals surface area (Å²) in [6.45, 7) is 13.8. The normalized spacial score (nSPS) is 14.8. The number of anilines is 1. The average molecular weight is 426 g/mol. The lowest BCUT2D eigenvalue weighted by atomic mass is 10.1. The Kier molecular flexibility index (Phi) is 7.03. The second kappa shape index (κ2) is 9.54. The van der Waals surface area contributed by atoms with Gasteiger partial charge in [0.1, 0.15) is 5.69 Å². The quantitative estimate of drug-likeness (QED) is 0.771. The lowest BCUT2D eigenvalue weighted by Crippen LogP contribution is -2.49. The molecule has 31 heavy (non-hydrogen) atoms. The number of carbonyl (C=O) groups excluding carboxylic acids is 2. The van der Waals surface area contributed by atoms with E-state index in [0.717, 1.165) is 18.8 Å². The minimum atomic E-state index is -0.230. The number of aromatic nitrogens is 2. The Morgan fingerprint density at radius 3 is 2.26 bits per heavy atom. The Bertz CT molecular complexity index is 890. The maximum Gasteiger partial charge on any atom is 0.271 e. The van der Waals surface area contributed by atoms with Gasteiger partial charge in [-0.3, -0.25) is 14.3 Å². The lowest BCUT2D eigenvalue weighted by molar-refractivity contribution is -0.131. The van der Waals surface area contributed by atoms with E-state index in [9.17, 15) is 9.59 Å². The molecule has 1 aliphatic heterocycles. The summed E-state index contributed by atoms with van der Waals surface area (Å²) >= 11 is 0. The van der Waals surface area contributed by atoms with Gasteiger partial charge in [0.05, 0.1) is 5.54 Å². The van der Waals surface area contributed by atoms with Gasteiger partial charge in [0.15, 0.2) is 0 Å². The first-order valence-electron chi connectivity index (χ1n) is 11.1. The molecule has 0 saturated carbocycles. The molecule has 1 fully saturated rings. The summed E-state index contributed by atoms with van der Waals surface area (Å²) in [5.41, 5.74) is 2.43. The molecule has 0 atom stereocenters. The number of nitrogens with one attached hydrogen (secondary N) is 1. The van der Waals surface area contributed by atoms with Crippen LogP contribution in [0.2, 0.25) is 0 Å². The van der Waals surface area contributed by atoms with Crippen LogP contribution < -0.4 is 10.2 Å². The zero-order valence-electron chi connectivity index (χ0n) is 19.4. The van der Waals surface area contributed by atoms with Crippen LogP contribution in [0.3, 0.4) is 0 Å². The van der Waals surface area contributed by atoms with E-state index in [1.165, 1.54) is 5.69 Å². The molecule has 0 radical (unpaired) electrons. The van der Waals surface area contributed by atoms with Crippen LogP contribution in [0, 0.1) is 0 Å². The molecular weight excluding hydrogens is 390 g/mol. The molecule has 0 unspecified atom stereocenters. The zero-order valence-corrected chi connectivity index (χ0v) is 19.4. The van der Waals surface area contributed by atoms with E-state index in [0.29, 0.717) is 31.7 Å². The van der Waals surface area contributed by atoms with Gasteiger partial charge in [-0.25, -0.2) is 0 Å². The minimum absolute atomic E-state index is 0.0797. The molecular formula is C24H35N5O2. The fraction of sp³-hybridized carbons (Fsp3) is 0.542. The highest BCUT2D eigenvalue weighted by atomic mass is 16.2. The fourth-order valence-corrected chi connectivity index (χ4v) is 3.84. The highest BCUT2D eigenvalue weighted by Crippen LogP contribution is 2.23. The first-order valence-corrected chi connectivity index (χ1v) is 11.1. The van der Waals surface area contributed by atoms with Crippen LogP contribution in [0.25, 0.3) is 0 Å². The molecule has 1 saturated heterocycles. The number of nitrogens with zero attached hydrogens (tertiary/aromatic N) is 4. The van der Waals surface area contributed by atoms with Crippen molar-refractivity contribution in [2.45, 2.75) is 52.5 Å². The van der Waals surface area contributed by atoms with E-state index >= 15 is 0 Å². The summed E-state index contributed by atoms with van der Waals surface area (Å²) < 4.78 is 1.92. The predicted molar refractivity (Wildman–Crippen MR) is 123 cm³/mol. The van der Waals surface area contributed by atoms with Crippen LogP contribution in [0.1, 0.15) is 63.1 Å². The Morgan fingerprint density at radius 1 is 1.06 bits per heavy atom. The van der Waals surface area contributed by atoms with Gasteiger partial charge in [-0.2, -0.15) is 5.10 Å². The molecule has 2 amide bonds. The smallest absolute Gasteiger partial charge is 0.271 e. The van der Waals surface area contributed by atoms with E-state index in [4.69, 9.17) is 0 Å². The first kappa shape index (κ1) is 22.8. The summed E-state index contributed by atoms with van der Waals surface area (Å²) in [4.78, 5) is 29.4. The third-order valence-corrected chi connectivity index (χ3v) is 5.57. The van der Waals surface area contributed by atoms with E-state index in [1.807, 2.05) is 33.8 Å². The lowest BCUT2D eigenvalue weighted by Gasteiger charge is -2.36. The Labute approximate surface area is 185 Å². The van der Waals surface area contributed by atoms with Gasteiger partial charge in [-0.05, 0) is 44.9 Å². The predicted octanol–water partition coefficient (Wildman–Crippen LogP) is 3.23. The maximum absolute atomic E-state index is 12.6. The summed E-state index contributed by atoms with van der Waals surface area (Å²) in [5, 5.41) is 7.39. The third-order valence-electron chi connectivity index (χ3n) is 5.57. The summed E-state index contributed by atoms with van der Waals surface area (Å²) in [6, 6.07) is 12.1. The van der Waals surface area contributed by atoms with Crippen LogP contribution in [-0.2, 0) is 10.3 Å². The van der Waals surface area contributed by atoms with Crippen molar-refractivity contribution in [2.24, 2.45) is 0 Å². The number of rotatable bonds is 6. The van der Waals surface area contributed by atoms with Gasteiger partial charge in [-0.1, -0.05) is 32.0 Å². The zero-order chi connectivity index (χ0) is 22.6. The van der Waals surface area contributed by atoms with Gasteiger partial charge < -0.3 is 15.1 Å². The van der Waals surface area contributed by atoms with Crippen LogP contribution >= 0.6 is 0 Å². The van der Waals surface area contributed by atoms with Crippen LogP contribution in [0.5, 0.6) is 0 Å². The van der Waals surface area contributed by atoms with E-state index < -0.39 is 0 Å². The van der Waals surface area contributed by atoms with Crippen molar-refractivity contribution in [3.05, 3.63) is 47.8 Å². The molecule has 1 aromatic heterocycles. The molecule has 1 N–H and O–H groups in total. The SMILES string of the molecule is CC(C)c1cc(C(=O)NCCC(=O)N2CCN(c3ccccc3)CC2)nn1C(C)(C)C. The molecule has 0 aliphatic carbocycles. The largest absolute Gasteiger partial charge is 0.368 e. The second-order valence-electron chi connectivity index (χ2n) is 9.40. The van der Waals surface area contributed by atoms with Crippen LogP contribution in [0.4, 0.5) is 5.69 Å². The van der Waals surface area contributed by atoms with Gasteiger partial charge in [-0.15, -0.1) is 0 Å². The van der Waals surface area contributed by atoms with Crippen molar-refractivity contribution in [2.75, 3.05) is 37.6 Å². The van der Waals surface area contributed by atoms with E-state index in [2.05, 4.69) is 62.1 Å². The highest BCUT2D eigenvalue weighted by Gasteiger charge is 2.24. The number of carbonyl (C=O) groups is 2. The molecule has 0 bridgehead atoms. The molecule has 7 nitrogen and oxygen atoms in total. The number of benzene rings is 1. The monoisotopic (exact) mass is 425 g/mol. The van der Waals surface area contributed by atoms with Gasteiger partial charge >= 0.3 is 0 Å². The van der Waals surface area contributed by atoms with E-state index in [1.54, 1.807) is 0 Å². The summed E-state index contributed by atoms with van der Waals surface area (Å²) in [6.07, 6.45) is 0.300. The van der Waals surface area contributed by atoms with E-state index in [-0.39, 0.29) is 23.3 Å². The second-order valence-corrected chi connectivity index (χ2v) is 9.40. The fourth-order valence-electron chi connectivity index (χ4n) is 3.84. The molecule has 2 heterocycles. The van der Waals surface area contributed by atoms with Gasteiger partial charge in [0.2, 0.25) is 5.91 Å². The Hall–Kier alpha value is -2.83. The van der Waals surface area contributed by atoms with Crippen molar-refractivity contribution < 1.29 is 9.59 Å². The highest BCUT2D eigenvalue weighted by molar-refractivity contribution is 5.92. The van der Waals surface area contributed by atoms with Gasteiger partial charge in [0.25, 0.3) is 5.91 Å². The van der Waals surface area contributed by atoms with Crippen molar-refractivity contribution in [1.82, 2.24) is 20.0 Å². The van der Waals surface area contributed by atoms with Crippen molar-refractivity contribution in [3.63, 3.8) is 0 Å². The standard InChI is InChI=1S/C24H35N5O2/c1-18(2)21-17-20(26-29(21)24(3,4)5)23(31)25-12-11-22(30)28-15-13-27(14-16-28)19-9-7-6-8-10-19/h6-10,17-18H,11-16H2,1-5H3,(H,25,31). The minimum Gasteiger partial charge on any atom is -0.368 e. The molecule has 0 spiro atoms. The van der Waals surface area contributed by atoms with Crippen LogP contribution in [0.15, 0.2) is 36.4 Å². The van der Waals surface area contributed by atoms with Crippen molar-refractivity contribution in [1.29, 1.82) is 0 Å². The molecule has 1 aliphatic rings. The maximum atomic E-state index is 12.6. The number of para-hydroxylation sites is 1.